The van der Waals surface area contributed by atoms with Crippen molar-refractivity contribution >= 4 is 29.1 Å². The fourth-order valence-corrected chi connectivity index (χ4v) is 5.75. The Morgan fingerprint density at radius 3 is 2.58 bits per heavy atom. The van der Waals surface area contributed by atoms with Crippen molar-refractivity contribution in [1.29, 1.82) is 0 Å². The summed E-state index contributed by atoms with van der Waals surface area (Å²) in [5.41, 5.74) is 7.41. The van der Waals surface area contributed by atoms with Gasteiger partial charge in [-0.3, -0.25) is 14.4 Å². The number of nitrogens with two attached hydrogens (primary N) is 1. The molecule has 3 N–H and O–H groups in total. The minimum absolute atomic E-state index is 0.0554. The number of carbonyl (C=O) groups is 3. The van der Waals surface area contributed by atoms with Crippen LogP contribution in [0.5, 0.6) is 5.75 Å². The van der Waals surface area contributed by atoms with Gasteiger partial charge in [0.05, 0.1) is 19.7 Å². The Morgan fingerprint density at radius 2 is 1.92 bits per heavy atom. The van der Waals surface area contributed by atoms with E-state index in [-0.39, 0.29) is 36.5 Å². The number of hydrogen-bond donors (Lipinski definition) is 2. The standard InChI is InChI=1S/C27H36N4O4S/c1-35-21-8-6-19(7-9-21)15-20-16-24(26(33)29-17-22-5-4-14-36-22)31(18-20)27(34)23(28)10-11-25(32)30-12-2-3-13-30/h4-9,14,20,23-24H,2-3,10-13,15-18,28H2,1H3,(H,29,33). The molecule has 2 fully saturated rings. The first-order valence-electron chi connectivity index (χ1n) is 12.7. The van der Waals surface area contributed by atoms with E-state index < -0.39 is 12.1 Å². The van der Waals surface area contributed by atoms with Crippen molar-refractivity contribution in [1.82, 2.24) is 15.1 Å². The van der Waals surface area contributed by atoms with Crippen LogP contribution < -0.4 is 15.8 Å². The Labute approximate surface area is 216 Å². The minimum Gasteiger partial charge on any atom is -0.497 e. The molecule has 3 atom stereocenters. The zero-order chi connectivity index (χ0) is 25.5. The highest BCUT2D eigenvalue weighted by Crippen LogP contribution is 2.28. The number of nitrogens with one attached hydrogen (secondary N) is 1. The lowest BCUT2D eigenvalue weighted by Crippen LogP contribution is -2.51. The molecule has 2 saturated heterocycles. The lowest BCUT2D eigenvalue weighted by molar-refractivity contribution is -0.140. The van der Waals surface area contributed by atoms with Crippen LogP contribution in [-0.4, -0.2) is 66.3 Å². The first kappa shape index (κ1) is 26.2. The van der Waals surface area contributed by atoms with Gasteiger partial charge < -0.3 is 25.6 Å². The van der Waals surface area contributed by atoms with Crippen LogP contribution in [0.25, 0.3) is 0 Å². The van der Waals surface area contributed by atoms with Gasteiger partial charge in [-0.15, -0.1) is 11.3 Å². The highest BCUT2D eigenvalue weighted by Gasteiger charge is 2.41. The average Bonchev–Trinajstić information content (AvgIpc) is 3.68. The Morgan fingerprint density at radius 1 is 1.17 bits per heavy atom. The molecule has 1 aromatic carbocycles. The maximum atomic E-state index is 13.4. The number of methoxy groups -OCH3 is 1. The molecule has 2 aliphatic rings. The summed E-state index contributed by atoms with van der Waals surface area (Å²) >= 11 is 1.58. The second kappa shape index (κ2) is 12.4. The van der Waals surface area contributed by atoms with Crippen LogP contribution in [0.2, 0.25) is 0 Å². The third-order valence-electron chi connectivity index (χ3n) is 7.12. The van der Waals surface area contributed by atoms with Crippen LogP contribution in [0.4, 0.5) is 0 Å². The fraction of sp³-hybridized carbons (Fsp3) is 0.519. The van der Waals surface area contributed by atoms with Gasteiger partial charge in [0.2, 0.25) is 17.7 Å². The van der Waals surface area contributed by atoms with Crippen LogP contribution in [0, 0.1) is 5.92 Å². The van der Waals surface area contributed by atoms with Crippen LogP contribution in [0.3, 0.4) is 0 Å². The molecule has 3 heterocycles. The van der Waals surface area contributed by atoms with Gasteiger partial charge in [0, 0.05) is 30.9 Å². The largest absolute Gasteiger partial charge is 0.497 e. The zero-order valence-corrected chi connectivity index (χ0v) is 21.7. The topological polar surface area (TPSA) is 105 Å². The van der Waals surface area contributed by atoms with Crippen molar-refractivity contribution in [2.75, 3.05) is 26.7 Å². The van der Waals surface area contributed by atoms with E-state index in [1.807, 2.05) is 46.7 Å². The highest BCUT2D eigenvalue weighted by atomic mass is 32.1. The number of likely N-dealkylation sites (tertiary alicyclic amines) is 2. The first-order chi connectivity index (χ1) is 17.4. The normalized spacial score (nSPS) is 20.4. The Balaban J connectivity index is 1.40. The van der Waals surface area contributed by atoms with Crippen LogP contribution in [0.1, 0.15) is 42.5 Å². The molecule has 0 spiro atoms. The maximum Gasteiger partial charge on any atom is 0.243 e. The summed E-state index contributed by atoms with van der Waals surface area (Å²) in [4.78, 5) is 43.6. The van der Waals surface area contributed by atoms with E-state index in [4.69, 9.17) is 10.5 Å². The highest BCUT2D eigenvalue weighted by molar-refractivity contribution is 7.09. The molecule has 2 aliphatic heterocycles. The number of hydrogen-bond acceptors (Lipinski definition) is 6. The van der Waals surface area contributed by atoms with Crippen LogP contribution in [-0.2, 0) is 27.3 Å². The molecule has 3 unspecified atom stereocenters. The van der Waals surface area contributed by atoms with Crippen molar-refractivity contribution in [2.24, 2.45) is 11.7 Å². The number of rotatable bonds is 10. The molecular weight excluding hydrogens is 476 g/mol. The van der Waals surface area contributed by atoms with E-state index in [1.165, 1.54) is 0 Å². The zero-order valence-electron chi connectivity index (χ0n) is 20.9. The molecule has 9 heteroatoms. The summed E-state index contributed by atoms with van der Waals surface area (Å²) in [6.45, 7) is 2.48. The third kappa shape index (κ3) is 6.64. The predicted octanol–water partition coefficient (Wildman–Crippen LogP) is 2.56. The molecule has 0 radical (unpaired) electrons. The van der Waals surface area contributed by atoms with E-state index in [0.29, 0.717) is 19.5 Å². The molecule has 4 rings (SSSR count). The molecular formula is C27H36N4O4S. The van der Waals surface area contributed by atoms with Crippen LogP contribution >= 0.6 is 11.3 Å². The minimum atomic E-state index is -0.802. The molecule has 36 heavy (non-hydrogen) atoms. The first-order valence-corrected chi connectivity index (χ1v) is 13.6. The van der Waals surface area contributed by atoms with Crippen LogP contribution in [0.15, 0.2) is 41.8 Å². The number of nitrogens with zero attached hydrogens (tertiary/aromatic N) is 2. The van der Waals surface area contributed by atoms with Crippen molar-refractivity contribution in [3.63, 3.8) is 0 Å². The van der Waals surface area contributed by atoms with E-state index in [1.54, 1.807) is 23.3 Å². The van der Waals surface area contributed by atoms with Gasteiger partial charge in [-0.25, -0.2) is 0 Å². The lowest BCUT2D eigenvalue weighted by Gasteiger charge is -2.27. The summed E-state index contributed by atoms with van der Waals surface area (Å²) < 4.78 is 5.25. The maximum absolute atomic E-state index is 13.4. The van der Waals surface area contributed by atoms with Crippen molar-refractivity contribution in [3.8, 4) is 5.75 Å². The summed E-state index contributed by atoms with van der Waals surface area (Å²) in [6, 6.07) is 10.4. The number of amides is 3. The van der Waals surface area contributed by atoms with Crippen molar-refractivity contribution in [3.05, 3.63) is 52.2 Å². The second-order valence-corrected chi connectivity index (χ2v) is 10.7. The smallest absolute Gasteiger partial charge is 0.243 e. The SMILES string of the molecule is COc1ccc(CC2CC(C(=O)NCc3cccs3)N(C(=O)C(N)CCC(=O)N3CCCC3)C2)cc1. The van der Waals surface area contributed by atoms with Crippen molar-refractivity contribution < 1.29 is 19.1 Å². The molecule has 8 nitrogen and oxygen atoms in total. The quantitative estimate of drug-likeness (QED) is 0.509. The van der Waals surface area contributed by atoms with E-state index >= 15 is 0 Å². The predicted molar refractivity (Wildman–Crippen MR) is 139 cm³/mol. The third-order valence-corrected chi connectivity index (χ3v) is 8.00. The van der Waals surface area contributed by atoms with Gasteiger partial charge >= 0.3 is 0 Å². The molecule has 0 aliphatic carbocycles. The molecule has 3 amide bonds. The fourth-order valence-electron chi connectivity index (χ4n) is 5.10. The molecule has 2 aromatic rings. The summed E-state index contributed by atoms with van der Waals surface area (Å²) in [7, 11) is 1.64. The van der Waals surface area contributed by atoms with Gasteiger partial charge in [0.25, 0.3) is 0 Å². The van der Waals surface area contributed by atoms with E-state index in [9.17, 15) is 14.4 Å². The van der Waals surface area contributed by atoms with Gasteiger partial charge in [-0.2, -0.15) is 0 Å². The Bertz CT molecular complexity index is 1020. The average molecular weight is 513 g/mol. The monoisotopic (exact) mass is 512 g/mol. The van der Waals surface area contributed by atoms with Gasteiger partial charge in [0.1, 0.15) is 11.8 Å². The lowest BCUT2D eigenvalue weighted by atomic mass is 9.96. The van der Waals surface area contributed by atoms with Gasteiger partial charge in [0.15, 0.2) is 0 Å². The summed E-state index contributed by atoms with van der Waals surface area (Å²) in [5.74, 6) is 0.576. The Hall–Kier alpha value is -2.91. The Kier molecular flexibility index (Phi) is 8.98. The number of benzene rings is 1. The molecule has 1 aromatic heterocycles. The molecule has 194 valence electrons. The molecule has 0 bridgehead atoms. The van der Waals surface area contributed by atoms with Gasteiger partial charge in [-0.1, -0.05) is 18.2 Å². The molecule has 0 saturated carbocycles. The van der Waals surface area contributed by atoms with Gasteiger partial charge in [-0.05, 0) is 67.2 Å². The van der Waals surface area contributed by atoms with E-state index in [0.717, 1.165) is 48.5 Å². The number of carbonyl (C=O) groups excluding carboxylic acids is 3. The second-order valence-electron chi connectivity index (χ2n) is 9.69. The van der Waals surface area contributed by atoms with Crippen molar-refractivity contribution in [2.45, 2.75) is 57.2 Å². The number of thiophene rings is 1. The summed E-state index contributed by atoms with van der Waals surface area (Å²) in [5, 5.41) is 4.97. The number of ether oxygens (including phenoxy) is 1. The van der Waals surface area contributed by atoms with E-state index in [2.05, 4.69) is 5.32 Å². The summed E-state index contributed by atoms with van der Waals surface area (Å²) in [6.07, 6.45) is 3.94.